The number of benzene rings is 4. The fourth-order valence-electron chi connectivity index (χ4n) is 5.12. The highest BCUT2D eigenvalue weighted by molar-refractivity contribution is 6.23. The van der Waals surface area contributed by atoms with Crippen molar-refractivity contribution in [2.75, 3.05) is 0 Å². The minimum absolute atomic E-state index is 0.376. The first-order valence-corrected chi connectivity index (χ1v) is 12.2. The van der Waals surface area contributed by atoms with E-state index in [1.165, 1.54) is 16.3 Å². The van der Waals surface area contributed by atoms with Gasteiger partial charge in [-0.3, -0.25) is 5.10 Å². The Bertz CT molecular complexity index is 1940. The Morgan fingerprint density at radius 1 is 0.694 bits per heavy atom. The second-order valence-electron chi connectivity index (χ2n) is 9.70. The molecule has 0 radical (unpaired) electrons. The van der Waals surface area contributed by atoms with Crippen LogP contribution in [0, 0.1) is 6.92 Å². The summed E-state index contributed by atoms with van der Waals surface area (Å²) in [5.41, 5.74) is 6.37. The highest BCUT2D eigenvalue weighted by atomic mass is 15.1. The van der Waals surface area contributed by atoms with E-state index in [0.717, 1.165) is 61.0 Å². The van der Waals surface area contributed by atoms with E-state index in [0.29, 0.717) is 5.92 Å². The molecule has 174 valence electrons. The summed E-state index contributed by atoms with van der Waals surface area (Å²) in [6.45, 7) is 6.23. The third kappa shape index (κ3) is 3.18. The molecule has 0 aliphatic heterocycles. The number of aromatic nitrogens is 6. The zero-order chi connectivity index (χ0) is 24.4. The highest BCUT2D eigenvalue weighted by Gasteiger charge is 2.14. The van der Waals surface area contributed by atoms with Gasteiger partial charge in [-0.15, -0.1) is 0 Å². The maximum atomic E-state index is 4.72. The summed E-state index contributed by atoms with van der Waals surface area (Å²) in [6, 6.07) is 19.8. The Kier molecular flexibility index (Phi) is 4.45. The highest BCUT2D eigenvalue weighted by Crippen LogP contribution is 2.36. The minimum atomic E-state index is 0.376. The van der Waals surface area contributed by atoms with Crippen LogP contribution in [0.25, 0.3) is 65.7 Å². The van der Waals surface area contributed by atoms with Gasteiger partial charge in [-0.25, -0.2) is 15.0 Å². The molecule has 3 aromatic heterocycles. The van der Waals surface area contributed by atoms with Crippen molar-refractivity contribution in [3.8, 4) is 22.4 Å². The molecule has 36 heavy (non-hydrogen) atoms. The summed E-state index contributed by atoms with van der Waals surface area (Å²) in [4.78, 5) is 17.4. The van der Waals surface area contributed by atoms with E-state index < -0.39 is 0 Å². The van der Waals surface area contributed by atoms with Crippen molar-refractivity contribution >= 4 is 43.4 Å². The lowest BCUT2D eigenvalue weighted by molar-refractivity contribution is 0.795. The molecule has 2 N–H and O–H groups in total. The van der Waals surface area contributed by atoms with Gasteiger partial charge in [-0.2, -0.15) is 5.10 Å². The van der Waals surface area contributed by atoms with Crippen LogP contribution in [0.5, 0.6) is 0 Å². The van der Waals surface area contributed by atoms with Gasteiger partial charge in [-0.1, -0.05) is 50.2 Å². The Labute approximate surface area is 207 Å². The topological polar surface area (TPSA) is 83.1 Å². The van der Waals surface area contributed by atoms with Crippen LogP contribution in [-0.4, -0.2) is 30.1 Å². The van der Waals surface area contributed by atoms with Crippen LogP contribution >= 0.6 is 0 Å². The second kappa shape index (κ2) is 7.71. The van der Waals surface area contributed by atoms with Gasteiger partial charge in [0.05, 0.1) is 23.6 Å². The zero-order valence-corrected chi connectivity index (χ0v) is 20.3. The van der Waals surface area contributed by atoms with Gasteiger partial charge in [0.1, 0.15) is 17.2 Å². The summed E-state index contributed by atoms with van der Waals surface area (Å²) >= 11 is 0. The van der Waals surface area contributed by atoms with Gasteiger partial charge < -0.3 is 4.98 Å². The van der Waals surface area contributed by atoms with Crippen LogP contribution in [0.15, 0.2) is 73.2 Å². The summed E-state index contributed by atoms with van der Waals surface area (Å²) in [5.74, 6) is 2.17. The van der Waals surface area contributed by atoms with Crippen LogP contribution in [0.2, 0.25) is 0 Å². The number of nitrogens with one attached hydrogen (secondary N) is 2. The molecule has 0 unspecified atom stereocenters. The van der Waals surface area contributed by atoms with Gasteiger partial charge in [0.2, 0.25) is 0 Å². The predicted molar refractivity (Wildman–Crippen MR) is 146 cm³/mol. The number of H-pyrrole nitrogens is 2. The van der Waals surface area contributed by atoms with Crippen LogP contribution in [0.1, 0.15) is 31.4 Å². The molecule has 0 saturated carbocycles. The number of hydrogen-bond donors (Lipinski definition) is 2. The summed E-state index contributed by atoms with van der Waals surface area (Å²) in [7, 11) is 0. The lowest BCUT2D eigenvalue weighted by atomic mass is 9.95. The predicted octanol–water partition coefficient (Wildman–Crippen LogP) is 7.30. The Morgan fingerprint density at radius 2 is 1.39 bits per heavy atom. The summed E-state index contributed by atoms with van der Waals surface area (Å²) in [5, 5.41) is 14.0. The van der Waals surface area contributed by atoms with E-state index in [1.807, 2.05) is 25.5 Å². The Balaban J connectivity index is 1.35. The average molecular weight is 469 g/mol. The second-order valence-corrected chi connectivity index (χ2v) is 9.70. The Morgan fingerprint density at radius 3 is 2.17 bits per heavy atom. The van der Waals surface area contributed by atoms with E-state index >= 15 is 0 Å². The number of rotatable bonds is 3. The van der Waals surface area contributed by atoms with Gasteiger partial charge in [0, 0.05) is 33.8 Å². The van der Waals surface area contributed by atoms with E-state index in [9.17, 15) is 0 Å². The third-order valence-corrected chi connectivity index (χ3v) is 6.99. The van der Waals surface area contributed by atoms with Crippen molar-refractivity contribution in [3.63, 3.8) is 0 Å². The van der Waals surface area contributed by atoms with Crippen molar-refractivity contribution < 1.29 is 0 Å². The molecule has 0 spiro atoms. The van der Waals surface area contributed by atoms with E-state index in [-0.39, 0.29) is 0 Å². The quantitative estimate of drug-likeness (QED) is 0.267. The monoisotopic (exact) mass is 468 g/mol. The van der Waals surface area contributed by atoms with Crippen molar-refractivity contribution in [1.82, 2.24) is 30.1 Å². The first-order valence-electron chi connectivity index (χ1n) is 12.2. The van der Waals surface area contributed by atoms with Gasteiger partial charge in [-0.05, 0) is 52.4 Å². The number of nitrogens with zero attached hydrogens (tertiary/aromatic N) is 4. The zero-order valence-electron chi connectivity index (χ0n) is 20.3. The molecule has 0 atom stereocenters. The molecule has 0 amide bonds. The Hall–Kier alpha value is -4.58. The number of imidazole rings is 2. The number of hydrogen-bond acceptors (Lipinski definition) is 4. The van der Waals surface area contributed by atoms with Crippen LogP contribution in [0.4, 0.5) is 0 Å². The van der Waals surface area contributed by atoms with Gasteiger partial charge in [0.15, 0.2) is 0 Å². The summed E-state index contributed by atoms with van der Waals surface area (Å²) in [6.07, 6.45) is 5.72. The first-order chi connectivity index (χ1) is 17.5. The van der Waals surface area contributed by atoms with Gasteiger partial charge in [0.25, 0.3) is 0 Å². The molecule has 0 bridgehead atoms. The standard InChI is InChI=1S/C30H24N6/c1-16(2)30-31-15-27(36-30)22-7-6-18-10-19(4-5-20(18)11-22)21-8-9-23-24(12-21)25-13-32-33-14-26(25)29-28(23)34-17(3)35-29/h4-16,32H,1-3H3,(H,31,36). The fourth-order valence-corrected chi connectivity index (χ4v) is 5.12. The lowest BCUT2D eigenvalue weighted by Crippen LogP contribution is -1.89. The van der Waals surface area contributed by atoms with Crippen LogP contribution in [-0.2, 0) is 0 Å². The molecule has 0 saturated heterocycles. The van der Waals surface area contributed by atoms with Crippen LogP contribution < -0.4 is 0 Å². The van der Waals surface area contributed by atoms with E-state index in [1.54, 1.807) is 0 Å². The molecular weight excluding hydrogens is 444 g/mol. The van der Waals surface area contributed by atoms with E-state index in [4.69, 9.17) is 4.98 Å². The third-order valence-electron chi connectivity index (χ3n) is 6.99. The first kappa shape index (κ1) is 20.8. The van der Waals surface area contributed by atoms with Crippen molar-refractivity contribution in [2.45, 2.75) is 26.7 Å². The maximum Gasteiger partial charge on any atom is 0.126 e. The average Bonchev–Trinajstić information content (AvgIpc) is 3.55. The normalized spacial score (nSPS) is 12.0. The largest absolute Gasteiger partial charge is 0.342 e. The van der Waals surface area contributed by atoms with E-state index in [2.05, 4.69) is 93.6 Å². The summed E-state index contributed by atoms with van der Waals surface area (Å²) < 4.78 is 0. The van der Waals surface area contributed by atoms with Crippen molar-refractivity contribution in [1.29, 1.82) is 0 Å². The maximum absolute atomic E-state index is 4.72. The molecule has 0 aliphatic rings. The molecule has 3 heterocycles. The lowest BCUT2D eigenvalue weighted by Gasteiger charge is -2.10. The smallest absolute Gasteiger partial charge is 0.126 e. The van der Waals surface area contributed by atoms with Crippen molar-refractivity contribution in [2.24, 2.45) is 0 Å². The van der Waals surface area contributed by atoms with Gasteiger partial charge >= 0.3 is 0 Å². The molecule has 4 aromatic carbocycles. The number of aromatic amines is 2. The minimum Gasteiger partial charge on any atom is -0.342 e. The molecule has 6 heteroatoms. The molecule has 0 fully saturated rings. The number of fused-ring (bicyclic) bond motifs is 7. The SMILES string of the molecule is Cc1nc2c3ccc(-c4ccc5cc(-c6cnc(C(C)C)[nH]6)ccc5c4)cc3c3c[nH]ncc3c2n1. The fraction of sp³-hybridized carbons (Fsp3) is 0.133. The molecular formula is C30H24N6. The molecule has 7 aromatic rings. The molecule has 0 aliphatic carbocycles. The number of aryl methyl sites for hydroxylation is 1. The molecule has 6 nitrogen and oxygen atoms in total. The molecule has 7 rings (SSSR count). The van der Waals surface area contributed by atoms with Crippen LogP contribution in [0.3, 0.4) is 0 Å². The van der Waals surface area contributed by atoms with Crippen molar-refractivity contribution in [3.05, 3.63) is 84.8 Å².